The largest absolute Gasteiger partial charge is 0.397 e. The van der Waals surface area contributed by atoms with E-state index in [1.54, 1.807) is 30.5 Å². The molecule has 1 aromatic carbocycles. The summed E-state index contributed by atoms with van der Waals surface area (Å²) in [6.07, 6.45) is 4.37. The van der Waals surface area contributed by atoms with Gasteiger partial charge in [-0.25, -0.2) is 0 Å². The number of hydrogen-bond acceptors (Lipinski definition) is 5. The summed E-state index contributed by atoms with van der Waals surface area (Å²) in [7, 11) is 0. The molecule has 1 aromatic heterocycles. The van der Waals surface area contributed by atoms with Gasteiger partial charge >= 0.3 is 0 Å². The van der Waals surface area contributed by atoms with Gasteiger partial charge in [-0.1, -0.05) is 12.1 Å². The van der Waals surface area contributed by atoms with Gasteiger partial charge in [0, 0.05) is 30.4 Å². The Morgan fingerprint density at radius 1 is 1.25 bits per heavy atom. The summed E-state index contributed by atoms with van der Waals surface area (Å²) in [5.41, 5.74) is 14.0. The maximum atomic E-state index is 12.5. The molecule has 0 aliphatic carbocycles. The van der Waals surface area contributed by atoms with E-state index < -0.39 is 0 Å². The standard InChI is InChI=1S/C21H27N5O2/c22-18-8-2-9-24-19(18)15-5-1-6-16(13-15)21(28)25-10-4-12-26-11-3-7-17(14-26)20(23)27/h1-2,5-6,8-9,13,17H,3-4,7,10-12,14,22H2,(H2,23,27)(H,25,28)/t17-/m1/s1. The lowest BCUT2D eigenvalue weighted by molar-refractivity contribution is -0.123. The molecule has 0 radical (unpaired) electrons. The van der Waals surface area contributed by atoms with Gasteiger partial charge in [-0.3, -0.25) is 14.6 Å². The molecule has 148 valence electrons. The molecule has 0 saturated carbocycles. The van der Waals surface area contributed by atoms with Gasteiger partial charge in [-0.2, -0.15) is 0 Å². The minimum Gasteiger partial charge on any atom is -0.397 e. The van der Waals surface area contributed by atoms with Crippen LogP contribution in [0.15, 0.2) is 42.6 Å². The zero-order valence-electron chi connectivity index (χ0n) is 15.9. The van der Waals surface area contributed by atoms with Gasteiger partial charge in [-0.15, -0.1) is 0 Å². The van der Waals surface area contributed by atoms with Gasteiger partial charge in [0.2, 0.25) is 5.91 Å². The molecule has 28 heavy (non-hydrogen) atoms. The van der Waals surface area contributed by atoms with E-state index in [0.29, 0.717) is 23.5 Å². The summed E-state index contributed by atoms with van der Waals surface area (Å²) in [5.74, 6) is -0.387. The molecule has 1 atom stereocenters. The molecule has 2 aromatic rings. The second kappa shape index (κ2) is 9.32. The number of hydrogen-bond donors (Lipinski definition) is 3. The lowest BCUT2D eigenvalue weighted by Gasteiger charge is -2.31. The van der Waals surface area contributed by atoms with Crippen LogP contribution in [0.4, 0.5) is 5.69 Å². The van der Waals surface area contributed by atoms with Crippen molar-refractivity contribution in [1.29, 1.82) is 0 Å². The van der Waals surface area contributed by atoms with Crippen LogP contribution < -0.4 is 16.8 Å². The minimum absolute atomic E-state index is 0.0508. The number of carbonyl (C=O) groups is 2. The molecule has 2 amide bonds. The number of benzene rings is 1. The third kappa shape index (κ3) is 5.07. The molecule has 1 saturated heterocycles. The van der Waals surface area contributed by atoms with Crippen LogP contribution >= 0.6 is 0 Å². The molecule has 0 bridgehead atoms. The minimum atomic E-state index is -0.216. The van der Waals surface area contributed by atoms with Crippen LogP contribution in [0.5, 0.6) is 0 Å². The number of nitrogen functional groups attached to an aromatic ring is 1. The number of aromatic nitrogens is 1. The fourth-order valence-corrected chi connectivity index (χ4v) is 3.56. The van der Waals surface area contributed by atoms with E-state index in [9.17, 15) is 9.59 Å². The summed E-state index contributed by atoms with van der Waals surface area (Å²) in [5, 5.41) is 2.96. The summed E-state index contributed by atoms with van der Waals surface area (Å²) in [6, 6.07) is 10.9. The molecule has 7 heteroatoms. The van der Waals surface area contributed by atoms with Crippen LogP contribution in [0.25, 0.3) is 11.3 Å². The van der Waals surface area contributed by atoms with Gasteiger partial charge in [0.15, 0.2) is 0 Å². The highest BCUT2D eigenvalue weighted by Crippen LogP contribution is 2.23. The molecule has 0 unspecified atom stereocenters. The maximum absolute atomic E-state index is 12.5. The Hall–Kier alpha value is -2.93. The van der Waals surface area contributed by atoms with Crippen LogP contribution in [-0.2, 0) is 4.79 Å². The number of rotatable bonds is 7. The fraction of sp³-hybridized carbons (Fsp3) is 0.381. The van der Waals surface area contributed by atoms with Crippen LogP contribution in [0.3, 0.4) is 0 Å². The van der Waals surface area contributed by atoms with Crippen molar-refractivity contribution in [2.24, 2.45) is 11.7 Å². The second-order valence-corrected chi connectivity index (χ2v) is 7.17. The monoisotopic (exact) mass is 381 g/mol. The lowest BCUT2D eigenvalue weighted by atomic mass is 9.97. The molecule has 1 aliphatic heterocycles. The number of likely N-dealkylation sites (tertiary alicyclic amines) is 1. The normalized spacial score (nSPS) is 17.2. The second-order valence-electron chi connectivity index (χ2n) is 7.17. The van der Waals surface area contributed by atoms with Crippen molar-refractivity contribution in [1.82, 2.24) is 15.2 Å². The number of amides is 2. The van der Waals surface area contributed by atoms with Crippen molar-refractivity contribution in [2.75, 3.05) is 31.9 Å². The zero-order valence-corrected chi connectivity index (χ0v) is 15.9. The van der Waals surface area contributed by atoms with Crippen LogP contribution in [0.2, 0.25) is 0 Å². The molecular weight excluding hydrogens is 354 g/mol. The number of nitrogens with one attached hydrogen (secondary N) is 1. The van der Waals surface area contributed by atoms with Crippen molar-refractivity contribution >= 4 is 17.5 Å². The number of nitrogens with zero attached hydrogens (tertiary/aromatic N) is 2. The summed E-state index contributed by atoms with van der Waals surface area (Å²) in [4.78, 5) is 30.4. The average molecular weight is 381 g/mol. The highest BCUT2D eigenvalue weighted by atomic mass is 16.2. The molecule has 0 spiro atoms. The summed E-state index contributed by atoms with van der Waals surface area (Å²) >= 11 is 0. The van der Waals surface area contributed by atoms with E-state index in [4.69, 9.17) is 11.5 Å². The number of carbonyl (C=O) groups excluding carboxylic acids is 2. The van der Waals surface area contributed by atoms with Crippen molar-refractivity contribution in [3.8, 4) is 11.3 Å². The molecule has 3 rings (SSSR count). The number of piperidine rings is 1. The Kier molecular flexibility index (Phi) is 6.60. The van der Waals surface area contributed by atoms with E-state index >= 15 is 0 Å². The molecule has 5 N–H and O–H groups in total. The molecular formula is C21H27N5O2. The smallest absolute Gasteiger partial charge is 0.251 e. The fourth-order valence-electron chi connectivity index (χ4n) is 3.56. The van der Waals surface area contributed by atoms with Crippen molar-refractivity contribution < 1.29 is 9.59 Å². The maximum Gasteiger partial charge on any atom is 0.251 e. The highest BCUT2D eigenvalue weighted by molar-refractivity contribution is 5.95. The van der Waals surface area contributed by atoms with E-state index in [1.165, 1.54) is 0 Å². The van der Waals surface area contributed by atoms with E-state index in [0.717, 1.165) is 44.5 Å². The summed E-state index contributed by atoms with van der Waals surface area (Å²) < 4.78 is 0. The molecule has 7 nitrogen and oxygen atoms in total. The first-order valence-corrected chi connectivity index (χ1v) is 9.65. The Morgan fingerprint density at radius 2 is 2.11 bits per heavy atom. The third-order valence-electron chi connectivity index (χ3n) is 5.08. The molecule has 1 aliphatic rings. The number of anilines is 1. The van der Waals surface area contributed by atoms with Gasteiger partial charge in [0.25, 0.3) is 5.91 Å². The SMILES string of the molecule is NC(=O)[C@@H]1CCCN(CCCNC(=O)c2cccc(-c3ncccc3N)c2)C1. The van der Waals surface area contributed by atoms with Gasteiger partial charge in [-0.05, 0) is 56.6 Å². The zero-order chi connectivity index (χ0) is 19.9. The first-order valence-electron chi connectivity index (χ1n) is 9.65. The average Bonchev–Trinajstić information content (AvgIpc) is 2.71. The number of nitrogens with two attached hydrogens (primary N) is 2. The van der Waals surface area contributed by atoms with Crippen molar-refractivity contribution in [3.05, 3.63) is 48.2 Å². The van der Waals surface area contributed by atoms with E-state index in [-0.39, 0.29) is 17.7 Å². The first kappa shape index (κ1) is 19.8. The van der Waals surface area contributed by atoms with Crippen molar-refractivity contribution in [2.45, 2.75) is 19.3 Å². The lowest BCUT2D eigenvalue weighted by Crippen LogP contribution is -2.42. The van der Waals surface area contributed by atoms with Crippen LogP contribution in [0.1, 0.15) is 29.6 Å². The third-order valence-corrected chi connectivity index (χ3v) is 5.08. The Morgan fingerprint density at radius 3 is 2.89 bits per heavy atom. The van der Waals surface area contributed by atoms with E-state index in [2.05, 4.69) is 15.2 Å². The van der Waals surface area contributed by atoms with E-state index in [1.807, 2.05) is 12.1 Å². The Labute approximate surface area is 165 Å². The number of primary amides is 1. The highest BCUT2D eigenvalue weighted by Gasteiger charge is 2.23. The molecule has 1 fully saturated rings. The van der Waals surface area contributed by atoms with Gasteiger partial charge in [0.1, 0.15) is 0 Å². The first-order chi connectivity index (χ1) is 13.5. The topological polar surface area (TPSA) is 114 Å². The molecule has 2 heterocycles. The van der Waals surface area contributed by atoms with Crippen LogP contribution in [-0.4, -0.2) is 47.9 Å². The van der Waals surface area contributed by atoms with Crippen LogP contribution in [0, 0.1) is 5.92 Å². The van der Waals surface area contributed by atoms with Gasteiger partial charge in [0.05, 0.1) is 17.3 Å². The van der Waals surface area contributed by atoms with Crippen molar-refractivity contribution in [3.63, 3.8) is 0 Å². The quantitative estimate of drug-likeness (QED) is 0.631. The Bertz CT molecular complexity index is 839. The predicted molar refractivity (Wildman–Crippen MR) is 109 cm³/mol. The Balaban J connectivity index is 1.50. The predicted octanol–water partition coefficient (Wildman–Crippen LogP) is 1.65. The van der Waals surface area contributed by atoms with Gasteiger partial charge < -0.3 is 21.7 Å². The summed E-state index contributed by atoms with van der Waals surface area (Å²) in [6.45, 7) is 3.11. The number of pyridine rings is 1.